The number of nitrogens with one attached hydrogen (secondary N) is 2. The number of halogens is 1. The lowest BCUT2D eigenvalue weighted by molar-refractivity contribution is -0.119. The normalized spacial score (nSPS) is 18.4. The van der Waals surface area contributed by atoms with Crippen LogP contribution in [0, 0.1) is 5.92 Å². The average molecular weight is 398 g/mol. The van der Waals surface area contributed by atoms with Gasteiger partial charge in [0.2, 0.25) is 5.91 Å². The zero-order valence-electron chi connectivity index (χ0n) is 12.6. The molecule has 0 aliphatic carbocycles. The van der Waals surface area contributed by atoms with Gasteiger partial charge in [0.15, 0.2) is 5.96 Å². The second-order valence-corrected chi connectivity index (χ2v) is 4.73. The quantitative estimate of drug-likeness (QED) is 0.392. The van der Waals surface area contributed by atoms with Gasteiger partial charge >= 0.3 is 0 Å². The molecule has 0 aromatic rings. The van der Waals surface area contributed by atoms with Crippen LogP contribution in [0.25, 0.3) is 0 Å². The Morgan fingerprint density at radius 2 is 2.05 bits per heavy atom. The van der Waals surface area contributed by atoms with Crippen LogP contribution in [0.5, 0.6) is 0 Å². The van der Waals surface area contributed by atoms with Crippen molar-refractivity contribution in [2.24, 2.45) is 10.9 Å². The molecule has 2 N–H and O–H groups in total. The summed E-state index contributed by atoms with van der Waals surface area (Å²) in [4.78, 5) is 17.9. The molecule has 1 amide bonds. The van der Waals surface area contributed by atoms with Crippen LogP contribution < -0.4 is 10.6 Å². The topological polar surface area (TPSA) is 66.0 Å². The zero-order valence-corrected chi connectivity index (χ0v) is 15.0. The van der Waals surface area contributed by atoms with Gasteiger partial charge in [-0.3, -0.25) is 4.79 Å². The van der Waals surface area contributed by atoms with E-state index in [1.54, 1.807) is 0 Å². The highest BCUT2D eigenvalue weighted by molar-refractivity contribution is 14.0. The van der Waals surface area contributed by atoms with Gasteiger partial charge in [-0.05, 0) is 20.3 Å². The number of carbonyl (C=O) groups excluding carboxylic acids is 1. The molecule has 118 valence electrons. The van der Waals surface area contributed by atoms with E-state index >= 15 is 0 Å². The van der Waals surface area contributed by atoms with Gasteiger partial charge in [-0.25, -0.2) is 4.99 Å². The Morgan fingerprint density at radius 1 is 1.35 bits per heavy atom. The molecule has 1 fully saturated rings. The summed E-state index contributed by atoms with van der Waals surface area (Å²) in [5.74, 6) is 1.29. The van der Waals surface area contributed by atoms with E-state index in [-0.39, 0.29) is 36.4 Å². The van der Waals surface area contributed by atoms with Crippen molar-refractivity contribution in [3.8, 4) is 0 Å². The van der Waals surface area contributed by atoms with Gasteiger partial charge in [0.1, 0.15) is 6.54 Å². The van der Waals surface area contributed by atoms with E-state index in [0.29, 0.717) is 12.5 Å². The lowest BCUT2D eigenvalue weighted by Crippen LogP contribution is -2.42. The van der Waals surface area contributed by atoms with Crippen molar-refractivity contribution in [3.05, 3.63) is 0 Å². The van der Waals surface area contributed by atoms with Crippen LogP contribution in [-0.4, -0.2) is 63.2 Å². The predicted octanol–water partition coefficient (Wildman–Crippen LogP) is 0.674. The van der Waals surface area contributed by atoms with Crippen molar-refractivity contribution in [1.82, 2.24) is 15.5 Å². The van der Waals surface area contributed by atoms with Crippen LogP contribution in [-0.2, 0) is 9.53 Å². The molecule has 1 rings (SSSR count). The highest BCUT2D eigenvalue weighted by Gasteiger charge is 2.19. The Labute approximate surface area is 138 Å². The summed E-state index contributed by atoms with van der Waals surface area (Å²) in [6.45, 7) is 8.10. The molecule has 0 bridgehead atoms. The Hall–Kier alpha value is -0.570. The number of carbonyl (C=O) groups is 1. The van der Waals surface area contributed by atoms with Crippen molar-refractivity contribution in [3.63, 3.8) is 0 Å². The maximum absolute atomic E-state index is 11.4. The number of amides is 1. The molecule has 0 spiro atoms. The number of hydrogen-bond acceptors (Lipinski definition) is 3. The van der Waals surface area contributed by atoms with Gasteiger partial charge < -0.3 is 20.3 Å². The fourth-order valence-electron chi connectivity index (χ4n) is 2.07. The molecule has 1 unspecified atom stereocenters. The lowest BCUT2D eigenvalue weighted by atomic mass is 10.1. The largest absolute Gasteiger partial charge is 0.381 e. The molecule has 0 saturated carbocycles. The maximum Gasteiger partial charge on any atom is 0.241 e. The fraction of sp³-hybridized carbons (Fsp3) is 0.846. The number of hydrogen-bond donors (Lipinski definition) is 2. The SMILES string of the molecule is CCNC(=O)CN=C(NCC)N(C)CC1CCOC1.I. The number of ether oxygens (including phenoxy) is 1. The molecule has 6 nitrogen and oxygen atoms in total. The van der Waals surface area contributed by atoms with Gasteiger partial charge in [0.05, 0.1) is 6.61 Å². The van der Waals surface area contributed by atoms with E-state index in [1.165, 1.54) is 0 Å². The van der Waals surface area contributed by atoms with Crippen LogP contribution in [0.15, 0.2) is 4.99 Å². The minimum absolute atomic E-state index is 0. The summed E-state index contributed by atoms with van der Waals surface area (Å²) in [7, 11) is 2.00. The number of nitrogens with zero attached hydrogens (tertiary/aromatic N) is 2. The first-order valence-electron chi connectivity index (χ1n) is 7.01. The zero-order chi connectivity index (χ0) is 14.1. The second kappa shape index (κ2) is 11.1. The first-order valence-corrected chi connectivity index (χ1v) is 7.01. The van der Waals surface area contributed by atoms with Crippen molar-refractivity contribution in [2.45, 2.75) is 20.3 Å². The standard InChI is InChI=1S/C13H26N4O2.HI/c1-4-14-12(18)8-16-13(15-5-2)17(3)9-11-6-7-19-10-11;/h11H,4-10H2,1-3H3,(H,14,18)(H,15,16);1H. The first-order chi connectivity index (χ1) is 9.17. The summed E-state index contributed by atoms with van der Waals surface area (Å²) < 4.78 is 5.38. The third kappa shape index (κ3) is 7.28. The Balaban J connectivity index is 0.00000361. The summed E-state index contributed by atoms with van der Waals surface area (Å²) >= 11 is 0. The number of likely N-dealkylation sites (N-methyl/N-ethyl adjacent to an activating group) is 1. The minimum atomic E-state index is -0.0458. The maximum atomic E-state index is 11.4. The fourth-order valence-corrected chi connectivity index (χ4v) is 2.07. The monoisotopic (exact) mass is 398 g/mol. The summed E-state index contributed by atoms with van der Waals surface area (Å²) in [6, 6.07) is 0. The molecule has 1 aliphatic rings. The van der Waals surface area contributed by atoms with Gasteiger partial charge in [-0.1, -0.05) is 0 Å². The number of aliphatic imine (C=N–C) groups is 1. The van der Waals surface area contributed by atoms with Gasteiger partial charge in [0.25, 0.3) is 0 Å². The van der Waals surface area contributed by atoms with Crippen LogP contribution in [0.4, 0.5) is 0 Å². The van der Waals surface area contributed by atoms with E-state index in [0.717, 1.165) is 38.7 Å². The number of rotatable bonds is 6. The van der Waals surface area contributed by atoms with E-state index in [2.05, 4.69) is 20.5 Å². The minimum Gasteiger partial charge on any atom is -0.381 e. The molecule has 20 heavy (non-hydrogen) atoms. The third-order valence-electron chi connectivity index (χ3n) is 3.00. The second-order valence-electron chi connectivity index (χ2n) is 4.73. The molecule has 1 saturated heterocycles. The van der Waals surface area contributed by atoms with E-state index < -0.39 is 0 Å². The van der Waals surface area contributed by atoms with E-state index in [1.807, 2.05) is 20.9 Å². The highest BCUT2D eigenvalue weighted by atomic mass is 127. The van der Waals surface area contributed by atoms with Crippen LogP contribution in [0.3, 0.4) is 0 Å². The van der Waals surface area contributed by atoms with Crippen LogP contribution >= 0.6 is 24.0 Å². The van der Waals surface area contributed by atoms with E-state index in [9.17, 15) is 4.79 Å². The van der Waals surface area contributed by atoms with Crippen molar-refractivity contribution in [1.29, 1.82) is 0 Å². The Bertz CT molecular complexity index is 307. The summed E-state index contributed by atoms with van der Waals surface area (Å²) in [6.07, 6.45) is 1.10. The molecule has 0 aromatic heterocycles. The van der Waals surface area contributed by atoms with Gasteiger partial charge in [-0.2, -0.15) is 0 Å². The smallest absolute Gasteiger partial charge is 0.241 e. The molecule has 1 atom stereocenters. The van der Waals surface area contributed by atoms with Gasteiger partial charge in [-0.15, -0.1) is 24.0 Å². The van der Waals surface area contributed by atoms with Crippen LogP contribution in [0.1, 0.15) is 20.3 Å². The van der Waals surface area contributed by atoms with Gasteiger partial charge in [0, 0.05) is 39.2 Å². The molecule has 1 heterocycles. The Kier molecular flexibility index (Phi) is 10.8. The summed E-state index contributed by atoms with van der Waals surface area (Å²) in [5, 5.41) is 5.95. The molecular weight excluding hydrogens is 371 g/mol. The third-order valence-corrected chi connectivity index (χ3v) is 3.00. The molecule has 1 aliphatic heterocycles. The predicted molar refractivity (Wildman–Crippen MR) is 91.6 cm³/mol. The first kappa shape index (κ1) is 19.4. The Morgan fingerprint density at radius 3 is 2.60 bits per heavy atom. The van der Waals surface area contributed by atoms with Crippen molar-refractivity contribution in [2.75, 3.05) is 46.4 Å². The highest BCUT2D eigenvalue weighted by Crippen LogP contribution is 2.13. The average Bonchev–Trinajstić information content (AvgIpc) is 2.87. The molecule has 7 heteroatoms. The lowest BCUT2D eigenvalue weighted by Gasteiger charge is -2.24. The van der Waals surface area contributed by atoms with E-state index in [4.69, 9.17) is 4.74 Å². The van der Waals surface area contributed by atoms with Crippen molar-refractivity contribution < 1.29 is 9.53 Å². The molecular formula is C13H27IN4O2. The number of guanidine groups is 1. The van der Waals surface area contributed by atoms with Crippen LogP contribution in [0.2, 0.25) is 0 Å². The molecule has 0 aromatic carbocycles. The summed E-state index contributed by atoms with van der Waals surface area (Å²) in [5.41, 5.74) is 0. The van der Waals surface area contributed by atoms with Crippen molar-refractivity contribution >= 4 is 35.8 Å². The molecule has 0 radical (unpaired) electrons.